The molecule has 1 aromatic carbocycles. The van der Waals surface area contributed by atoms with E-state index >= 15 is 0 Å². The van der Waals surface area contributed by atoms with Crippen LogP contribution < -0.4 is 16.4 Å². The number of nitrogens with one attached hydrogen (secondary N) is 2. The fourth-order valence-electron chi connectivity index (χ4n) is 1.99. The number of urea groups is 1. The summed E-state index contributed by atoms with van der Waals surface area (Å²) in [5.74, 6) is -4.22. The Morgan fingerprint density at radius 1 is 1.39 bits per heavy atom. The second kappa shape index (κ2) is 6.69. The number of alkyl halides is 2. The van der Waals surface area contributed by atoms with Gasteiger partial charge in [-0.15, -0.1) is 0 Å². The normalized spacial score (nSPS) is 14.8. The number of halogens is 2. The second-order valence-corrected chi connectivity index (χ2v) is 5.08. The molecule has 0 aliphatic carbocycles. The lowest BCUT2D eigenvalue weighted by molar-refractivity contribution is -0.125. The predicted molar refractivity (Wildman–Crippen MR) is 76.7 cm³/mol. The smallest absolute Gasteiger partial charge is 0.324 e. The molecule has 0 saturated carbocycles. The lowest BCUT2D eigenvalue weighted by Gasteiger charge is -2.15. The number of hydrogen-bond acceptors (Lipinski definition) is 4. The van der Waals surface area contributed by atoms with Crippen molar-refractivity contribution in [3.63, 3.8) is 0 Å². The number of benzene rings is 1. The van der Waals surface area contributed by atoms with Crippen molar-refractivity contribution in [3.8, 4) is 0 Å². The van der Waals surface area contributed by atoms with Crippen LogP contribution in [0.1, 0.15) is 15.9 Å². The van der Waals surface area contributed by atoms with E-state index in [-0.39, 0.29) is 24.6 Å². The van der Waals surface area contributed by atoms with Gasteiger partial charge in [0.05, 0.1) is 26.2 Å². The highest BCUT2D eigenvalue weighted by atomic mass is 19.3. The third kappa shape index (κ3) is 4.22. The number of hydrogen-bond donors (Lipinski definition) is 3. The second-order valence-electron chi connectivity index (χ2n) is 5.08. The lowest BCUT2D eigenvalue weighted by atomic mass is 10.1. The van der Waals surface area contributed by atoms with Crippen LogP contribution in [-0.4, -0.2) is 48.3 Å². The zero-order valence-corrected chi connectivity index (χ0v) is 12.1. The first-order valence-corrected chi connectivity index (χ1v) is 6.85. The summed E-state index contributed by atoms with van der Waals surface area (Å²) < 4.78 is 26.1. The molecule has 124 valence electrons. The maximum Gasteiger partial charge on any atom is 0.324 e. The molecule has 4 amide bonds. The van der Waals surface area contributed by atoms with Crippen LogP contribution in [0.4, 0.5) is 13.6 Å². The molecule has 1 heterocycles. The monoisotopic (exact) mass is 326 g/mol. The van der Waals surface area contributed by atoms with Gasteiger partial charge in [-0.05, 0) is 17.7 Å². The Labute approximate surface area is 130 Å². The van der Waals surface area contributed by atoms with Gasteiger partial charge in [0.25, 0.3) is 11.8 Å². The highest BCUT2D eigenvalue weighted by molar-refractivity contribution is 6.02. The Balaban J connectivity index is 2.03. The summed E-state index contributed by atoms with van der Waals surface area (Å²) >= 11 is 0. The molecule has 1 saturated heterocycles. The van der Waals surface area contributed by atoms with Gasteiger partial charge in [0.15, 0.2) is 0 Å². The van der Waals surface area contributed by atoms with Crippen molar-refractivity contribution in [1.29, 1.82) is 0 Å². The first kappa shape index (κ1) is 16.8. The van der Waals surface area contributed by atoms with Crippen molar-refractivity contribution in [2.24, 2.45) is 5.73 Å². The van der Waals surface area contributed by atoms with Crippen LogP contribution in [0.25, 0.3) is 0 Å². The number of nitrogens with two attached hydrogens (primary N) is 1. The third-order valence-electron chi connectivity index (χ3n) is 3.27. The fraction of sp³-hybridized carbons (Fsp3) is 0.357. The van der Waals surface area contributed by atoms with Gasteiger partial charge in [-0.25, -0.2) is 13.6 Å². The maximum absolute atomic E-state index is 13.0. The maximum atomic E-state index is 13.0. The quantitative estimate of drug-likeness (QED) is 0.643. The summed E-state index contributed by atoms with van der Waals surface area (Å²) in [5, 5.41) is 4.48. The summed E-state index contributed by atoms with van der Waals surface area (Å²) in [6.45, 7) is -1.78. The summed E-state index contributed by atoms with van der Waals surface area (Å²) in [7, 11) is 0. The topological polar surface area (TPSA) is 105 Å². The van der Waals surface area contributed by atoms with E-state index in [1.807, 2.05) is 0 Å². The van der Waals surface area contributed by atoms with E-state index in [2.05, 4.69) is 10.6 Å². The van der Waals surface area contributed by atoms with Gasteiger partial charge in [-0.2, -0.15) is 0 Å². The van der Waals surface area contributed by atoms with E-state index in [1.54, 1.807) is 12.1 Å². The van der Waals surface area contributed by atoms with E-state index in [0.717, 1.165) is 4.90 Å². The molecule has 0 spiro atoms. The minimum absolute atomic E-state index is 0.00471. The van der Waals surface area contributed by atoms with Gasteiger partial charge in [0, 0.05) is 5.56 Å². The van der Waals surface area contributed by atoms with Crippen LogP contribution >= 0.6 is 0 Å². The van der Waals surface area contributed by atoms with E-state index < -0.39 is 31.0 Å². The molecule has 4 N–H and O–H groups in total. The lowest BCUT2D eigenvalue weighted by Crippen LogP contribution is -2.41. The molecule has 0 radical (unpaired) electrons. The Kier molecular flexibility index (Phi) is 4.89. The van der Waals surface area contributed by atoms with Gasteiger partial charge in [0.2, 0.25) is 5.91 Å². The summed E-state index contributed by atoms with van der Waals surface area (Å²) in [5.41, 5.74) is 5.59. The van der Waals surface area contributed by atoms with Crippen LogP contribution in [-0.2, 0) is 11.3 Å². The van der Waals surface area contributed by atoms with Crippen molar-refractivity contribution in [2.75, 3.05) is 19.6 Å². The predicted octanol–water partition coefficient (Wildman–Crippen LogP) is 0.0622. The summed E-state index contributed by atoms with van der Waals surface area (Å²) in [4.78, 5) is 35.9. The molecule has 9 heteroatoms. The van der Waals surface area contributed by atoms with E-state index in [4.69, 9.17) is 5.73 Å². The van der Waals surface area contributed by atoms with Crippen molar-refractivity contribution in [3.05, 3.63) is 35.4 Å². The Hall–Kier alpha value is -2.55. The molecule has 1 aliphatic rings. The number of imide groups is 1. The van der Waals surface area contributed by atoms with E-state index in [9.17, 15) is 23.2 Å². The zero-order chi connectivity index (χ0) is 17.0. The van der Waals surface area contributed by atoms with Crippen molar-refractivity contribution < 1.29 is 23.2 Å². The molecule has 2 rings (SSSR count). The van der Waals surface area contributed by atoms with Gasteiger partial charge in [-0.3, -0.25) is 14.5 Å². The van der Waals surface area contributed by atoms with Crippen LogP contribution in [0.3, 0.4) is 0 Å². The number of carbonyl (C=O) groups is 3. The van der Waals surface area contributed by atoms with Gasteiger partial charge >= 0.3 is 6.03 Å². The largest absolute Gasteiger partial charge is 0.346 e. The molecular formula is C14H16F2N4O3. The number of rotatable bonds is 6. The SMILES string of the molecule is NCC(F)(F)CNC(=O)c1cccc(CN2C(=O)CNC2=O)c1. The van der Waals surface area contributed by atoms with Gasteiger partial charge in [-0.1, -0.05) is 12.1 Å². The van der Waals surface area contributed by atoms with Crippen LogP contribution in [0.15, 0.2) is 24.3 Å². The molecule has 23 heavy (non-hydrogen) atoms. The highest BCUT2D eigenvalue weighted by Gasteiger charge is 2.29. The number of carbonyl (C=O) groups excluding carboxylic acids is 3. The molecule has 1 fully saturated rings. The molecule has 0 unspecified atom stereocenters. The van der Waals surface area contributed by atoms with Gasteiger partial charge in [0.1, 0.15) is 0 Å². The molecular weight excluding hydrogens is 310 g/mol. The number of amides is 4. The van der Waals surface area contributed by atoms with Crippen molar-refractivity contribution in [2.45, 2.75) is 12.5 Å². The van der Waals surface area contributed by atoms with Crippen LogP contribution in [0.2, 0.25) is 0 Å². The highest BCUT2D eigenvalue weighted by Crippen LogP contribution is 2.12. The average molecular weight is 326 g/mol. The zero-order valence-electron chi connectivity index (χ0n) is 12.1. The first-order valence-electron chi connectivity index (χ1n) is 6.85. The van der Waals surface area contributed by atoms with Crippen LogP contribution in [0, 0.1) is 0 Å². The molecule has 0 bridgehead atoms. The molecule has 0 atom stereocenters. The Morgan fingerprint density at radius 3 is 2.74 bits per heavy atom. The Morgan fingerprint density at radius 2 is 2.13 bits per heavy atom. The summed E-state index contributed by atoms with van der Waals surface area (Å²) in [6, 6.07) is 5.56. The molecule has 1 aromatic rings. The van der Waals surface area contributed by atoms with Crippen molar-refractivity contribution >= 4 is 17.8 Å². The van der Waals surface area contributed by atoms with E-state index in [1.165, 1.54) is 12.1 Å². The van der Waals surface area contributed by atoms with E-state index in [0.29, 0.717) is 5.56 Å². The van der Waals surface area contributed by atoms with Crippen LogP contribution in [0.5, 0.6) is 0 Å². The fourth-order valence-corrected chi connectivity index (χ4v) is 1.99. The molecule has 7 nitrogen and oxygen atoms in total. The third-order valence-corrected chi connectivity index (χ3v) is 3.27. The first-order chi connectivity index (χ1) is 10.8. The van der Waals surface area contributed by atoms with Gasteiger partial charge < -0.3 is 16.4 Å². The average Bonchev–Trinajstić information content (AvgIpc) is 2.85. The number of nitrogens with zero attached hydrogens (tertiary/aromatic N) is 1. The molecule has 1 aliphatic heterocycles. The minimum Gasteiger partial charge on any atom is -0.346 e. The standard InChI is InChI=1S/C14H16F2N4O3/c15-14(16,7-17)8-19-12(22)10-3-1-2-9(4-10)6-20-11(21)5-18-13(20)23/h1-4H,5-8,17H2,(H,18,23)(H,19,22). The summed E-state index contributed by atoms with van der Waals surface area (Å²) in [6.07, 6.45) is 0. The van der Waals surface area contributed by atoms with Crippen molar-refractivity contribution in [1.82, 2.24) is 15.5 Å². The Bertz CT molecular complexity index is 620. The molecule has 0 aromatic heterocycles. The minimum atomic E-state index is -3.17.